The van der Waals surface area contributed by atoms with Crippen molar-refractivity contribution in [1.82, 2.24) is 14.8 Å². The number of methoxy groups -OCH3 is 1. The summed E-state index contributed by atoms with van der Waals surface area (Å²) in [7, 11) is 3.25. The standard InChI is InChI=1S/C27H31N3O7/c1-17-13-30(18(2)15-31)27(33)21-10-19(6-5-9-34-4)12-28-25(21)37-24(17)14-29(3)26(32)20-7-8-22-23(11-20)36-16-35-22/h7-8,10-12,17-18,24,31H,9,13-16H2,1-4H3/t17-,18+,24-/m1/s1. The smallest absolute Gasteiger partial charge is 0.259 e. The van der Waals surface area contributed by atoms with Gasteiger partial charge in [-0.15, -0.1) is 0 Å². The second-order valence-corrected chi connectivity index (χ2v) is 9.19. The van der Waals surface area contributed by atoms with Crippen LogP contribution in [0.3, 0.4) is 0 Å². The molecular weight excluding hydrogens is 478 g/mol. The molecule has 3 heterocycles. The van der Waals surface area contributed by atoms with Crippen LogP contribution in [0.25, 0.3) is 0 Å². The van der Waals surface area contributed by atoms with E-state index in [1.807, 2.05) is 6.92 Å². The summed E-state index contributed by atoms with van der Waals surface area (Å²) in [5, 5.41) is 9.83. The number of likely N-dealkylation sites (N-methyl/N-ethyl adjacent to an activating group) is 1. The van der Waals surface area contributed by atoms with Crippen LogP contribution < -0.4 is 14.2 Å². The maximum Gasteiger partial charge on any atom is 0.259 e. The van der Waals surface area contributed by atoms with Crippen LogP contribution in [0.15, 0.2) is 30.5 Å². The third-order valence-corrected chi connectivity index (χ3v) is 6.39. The number of rotatable bonds is 6. The number of ether oxygens (including phenoxy) is 4. The van der Waals surface area contributed by atoms with Gasteiger partial charge in [0.15, 0.2) is 11.5 Å². The lowest BCUT2D eigenvalue weighted by Gasteiger charge is -2.37. The van der Waals surface area contributed by atoms with Crippen molar-refractivity contribution in [2.45, 2.75) is 26.0 Å². The predicted molar refractivity (Wildman–Crippen MR) is 134 cm³/mol. The maximum atomic E-state index is 13.5. The van der Waals surface area contributed by atoms with Gasteiger partial charge in [-0.25, -0.2) is 4.98 Å². The summed E-state index contributed by atoms with van der Waals surface area (Å²) in [4.78, 5) is 34.3. The van der Waals surface area contributed by atoms with Gasteiger partial charge >= 0.3 is 0 Å². The minimum Gasteiger partial charge on any atom is -0.472 e. The van der Waals surface area contributed by atoms with E-state index in [0.717, 1.165) is 0 Å². The van der Waals surface area contributed by atoms with Gasteiger partial charge in [-0.3, -0.25) is 9.59 Å². The van der Waals surface area contributed by atoms with E-state index >= 15 is 0 Å². The van der Waals surface area contributed by atoms with Gasteiger partial charge in [0.1, 0.15) is 18.3 Å². The van der Waals surface area contributed by atoms with E-state index in [0.29, 0.717) is 29.2 Å². The highest BCUT2D eigenvalue weighted by Gasteiger charge is 2.35. The molecule has 1 N–H and O–H groups in total. The van der Waals surface area contributed by atoms with Crippen molar-refractivity contribution in [2.24, 2.45) is 5.92 Å². The van der Waals surface area contributed by atoms with Crippen LogP contribution in [-0.4, -0.2) is 91.1 Å². The van der Waals surface area contributed by atoms with Crippen molar-refractivity contribution in [1.29, 1.82) is 0 Å². The molecule has 2 aliphatic heterocycles. The highest BCUT2D eigenvalue weighted by molar-refractivity contribution is 5.97. The average Bonchev–Trinajstić information content (AvgIpc) is 3.38. The first-order valence-corrected chi connectivity index (χ1v) is 12.0. The molecule has 0 saturated heterocycles. The number of aliphatic hydroxyl groups excluding tert-OH is 1. The Bertz CT molecular complexity index is 1220. The summed E-state index contributed by atoms with van der Waals surface area (Å²) in [6.07, 6.45) is 1.07. The predicted octanol–water partition coefficient (Wildman–Crippen LogP) is 1.80. The Balaban J connectivity index is 1.61. The van der Waals surface area contributed by atoms with Gasteiger partial charge in [0, 0.05) is 43.9 Å². The fourth-order valence-corrected chi connectivity index (χ4v) is 4.20. The monoisotopic (exact) mass is 509 g/mol. The summed E-state index contributed by atoms with van der Waals surface area (Å²) in [5.41, 5.74) is 1.27. The van der Waals surface area contributed by atoms with E-state index < -0.39 is 12.1 Å². The van der Waals surface area contributed by atoms with E-state index in [1.165, 1.54) is 0 Å². The molecule has 0 aliphatic carbocycles. The Hall–Kier alpha value is -3.81. The average molecular weight is 510 g/mol. The number of aliphatic hydroxyl groups is 1. The Labute approximate surface area is 216 Å². The molecule has 2 aliphatic rings. The Kier molecular flexibility index (Phi) is 8.16. The van der Waals surface area contributed by atoms with Gasteiger partial charge in [-0.05, 0) is 31.2 Å². The Morgan fingerprint density at radius 3 is 2.86 bits per heavy atom. The zero-order valence-corrected chi connectivity index (χ0v) is 21.4. The summed E-state index contributed by atoms with van der Waals surface area (Å²) in [6, 6.07) is 6.29. The molecule has 4 rings (SSSR count). The van der Waals surface area contributed by atoms with Crippen LogP contribution in [0.4, 0.5) is 0 Å². The highest BCUT2D eigenvalue weighted by atomic mass is 16.7. The zero-order valence-electron chi connectivity index (χ0n) is 21.4. The fraction of sp³-hybridized carbons (Fsp3) is 0.444. The van der Waals surface area contributed by atoms with Gasteiger partial charge < -0.3 is 33.9 Å². The number of amides is 2. The largest absolute Gasteiger partial charge is 0.472 e. The van der Waals surface area contributed by atoms with Crippen molar-refractivity contribution in [3.63, 3.8) is 0 Å². The third kappa shape index (κ3) is 5.79. The first kappa shape index (κ1) is 26.3. The first-order valence-electron chi connectivity index (χ1n) is 12.0. The van der Waals surface area contributed by atoms with Gasteiger partial charge in [0.2, 0.25) is 12.7 Å². The molecule has 0 saturated carbocycles. The van der Waals surface area contributed by atoms with Crippen molar-refractivity contribution in [3.8, 4) is 29.2 Å². The SMILES string of the molecule is COCC#Cc1cnc2c(c1)C(=O)N([C@@H](C)CO)C[C@@H](C)[C@@H](CN(C)C(=O)c1ccc3c(c1)OCO3)O2. The quantitative estimate of drug-likeness (QED) is 0.587. The number of carbonyl (C=O) groups excluding carboxylic acids is 2. The topological polar surface area (TPSA) is 111 Å². The van der Waals surface area contributed by atoms with Crippen LogP contribution in [-0.2, 0) is 4.74 Å². The molecule has 0 spiro atoms. The van der Waals surface area contributed by atoms with Crippen molar-refractivity contribution in [2.75, 3.05) is 47.3 Å². The Morgan fingerprint density at radius 1 is 1.32 bits per heavy atom. The molecule has 0 unspecified atom stereocenters. The lowest BCUT2D eigenvalue weighted by molar-refractivity contribution is 0.0313. The number of benzene rings is 1. The Morgan fingerprint density at radius 2 is 2.11 bits per heavy atom. The van der Waals surface area contributed by atoms with Crippen LogP contribution >= 0.6 is 0 Å². The molecular formula is C27H31N3O7. The van der Waals surface area contributed by atoms with Gasteiger partial charge in [0.05, 0.1) is 19.2 Å². The molecule has 3 atom stereocenters. The summed E-state index contributed by atoms with van der Waals surface area (Å²) in [6.45, 7) is 4.50. The van der Waals surface area contributed by atoms with Gasteiger partial charge in [-0.2, -0.15) is 0 Å². The molecule has 2 amide bonds. The normalized spacial score (nSPS) is 19.1. The number of aromatic nitrogens is 1. The highest BCUT2D eigenvalue weighted by Crippen LogP contribution is 2.33. The maximum absolute atomic E-state index is 13.5. The van der Waals surface area contributed by atoms with Crippen LogP contribution in [0.5, 0.6) is 17.4 Å². The second kappa shape index (κ2) is 11.5. The minimum atomic E-state index is -0.471. The zero-order chi connectivity index (χ0) is 26.5. The summed E-state index contributed by atoms with van der Waals surface area (Å²) in [5.74, 6) is 6.42. The van der Waals surface area contributed by atoms with Crippen molar-refractivity contribution in [3.05, 3.63) is 47.2 Å². The number of nitrogens with zero attached hydrogens (tertiary/aromatic N) is 3. The number of fused-ring (bicyclic) bond motifs is 2. The molecule has 196 valence electrons. The molecule has 1 aromatic heterocycles. The van der Waals surface area contributed by atoms with Crippen LogP contribution in [0.2, 0.25) is 0 Å². The van der Waals surface area contributed by atoms with Gasteiger partial charge in [0.25, 0.3) is 11.8 Å². The van der Waals surface area contributed by atoms with E-state index in [2.05, 4.69) is 16.8 Å². The molecule has 0 bridgehead atoms. The second-order valence-electron chi connectivity index (χ2n) is 9.19. The van der Waals surface area contributed by atoms with E-state index in [-0.39, 0.29) is 55.7 Å². The lowest BCUT2D eigenvalue weighted by atomic mass is 9.99. The number of hydrogen-bond acceptors (Lipinski definition) is 8. The molecule has 37 heavy (non-hydrogen) atoms. The number of carbonyl (C=O) groups is 2. The molecule has 0 fully saturated rings. The van der Waals surface area contributed by atoms with Crippen molar-refractivity contribution >= 4 is 11.8 Å². The fourth-order valence-electron chi connectivity index (χ4n) is 4.20. The van der Waals surface area contributed by atoms with Crippen molar-refractivity contribution < 1.29 is 33.6 Å². The molecule has 10 nitrogen and oxygen atoms in total. The molecule has 1 aromatic carbocycles. The minimum absolute atomic E-state index is 0.129. The molecule has 2 aromatic rings. The molecule has 10 heteroatoms. The van der Waals surface area contributed by atoms with E-state index in [9.17, 15) is 14.7 Å². The first-order chi connectivity index (χ1) is 17.8. The van der Waals surface area contributed by atoms with E-state index in [4.69, 9.17) is 18.9 Å². The summed E-state index contributed by atoms with van der Waals surface area (Å²) < 4.78 is 22.0. The van der Waals surface area contributed by atoms with Gasteiger partial charge in [-0.1, -0.05) is 18.8 Å². The number of pyridine rings is 1. The van der Waals surface area contributed by atoms with Crippen LogP contribution in [0.1, 0.15) is 40.1 Å². The number of hydrogen-bond donors (Lipinski definition) is 1. The summed E-state index contributed by atoms with van der Waals surface area (Å²) >= 11 is 0. The lowest BCUT2D eigenvalue weighted by Crippen LogP contribution is -2.50. The van der Waals surface area contributed by atoms with Crippen LogP contribution in [0, 0.1) is 17.8 Å². The van der Waals surface area contributed by atoms with E-state index in [1.54, 1.807) is 61.3 Å². The molecule has 0 radical (unpaired) electrons. The third-order valence-electron chi connectivity index (χ3n) is 6.39.